The molecule has 1 heterocycles. The predicted molar refractivity (Wildman–Crippen MR) is 60.0 cm³/mol. The third-order valence-electron chi connectivity index (χ3n) is 2.53. The van der Waals surface area contributed by atoms with Crippen molar-refractivity contribution in [2.75, 3.05) is 25.1 Å². The number of para-hydroxylation sites is 1. The summed E-state index contributed by atoms with van der Waals surface area (Å²) < 4.78 is 10.7. The molecular weight excluding hydrogens is 190 g/mol. The number of rotatable bonds is 4. The van der Waals surface area contributed by atoms with Crippen LogP contribution in [0.2, 0.25) is 0 Å². The van der Waals surface area contributed by atoms with Crippen molar-refractivity contribution in [1.82, 2.24) is 0 Å². The van der Waals surface area contributed by atoms with Gasteiger partial charge in [-0.05, 0) is 18.6 Å². The summed E-state index contributed by atoms with van der Waals surface area (Å²) >= 11 is 0. The Kier molecular flexibility index (Phi) is 3.59. The van der Waals surface area contributed by atoms with E-state index in [2.05, 4.69) is 24.4 Å². The molecule has 15 heavy (non-hydrogen) atoms. The molecule has 1 aromatic carbocycles. The molecule has 0 unspecified atom stereocenters. The maximum Gasteiger partial charge on any atom is 0.159 e. The molecule has 1 N–H and O–H groups in total. The Bertz CT molecular complexity index is 308. The highest BCUT2D eigenvalue weighted by atomic mass is 16.7. The van der Waals surface area contributed by atoms with E-state index in [1.165, 1.54) is 11.3 Å². The van der Waals surface area contributed by atoms with E-state index in [0.717, 1.165) is 26.2 Å². The molecule has 1 aliphatic heterocycles. The van der Waals surface area contributed by atoms with Crippen LogP contribution in [0.1, 0.15) is 12.0 Å². The summed E-state index contributed by atoms with van der Waals surface area (Å²) in [6.45, 7) is 4.45. The van der Waals surface area contributed by atoms with Crippen molar-refractivity contribution in [3.63, 3.8) is 0 Å². The van der Waals surface area contributed by atoms with Gasteiger partial charge in [0.25, 0.3) is 0 Å². The van der Waals surface area contributed by atoms with Crippen LogP contribution in [0.5, 0.6) is 0 Å². The maximum atomic E-state index is 5.36. The number of anilines is 1. The summed E-state index contributed by atoms with van der Waals surface area (Å²) in [4.78, 5) is 0. The van der Waals surface area contributed by atoms with Gasteiger partial charge in [-0.1, -0.05) is 18.2 Å². The molecule has 0 saturated carbocycles. The summed E-state index contributed by atoms with van der Waals surface area (Å²) in [5.41, 5.74) is 2.46. The normalized spacial score (nSPS) is 16.9. The molecule has 0 atom stereocenters. The fraction of sp³-hybridized carbons (Fsp3) is 0.500. The van der Waals surface area contributed by atoms with Crippen LogP contribution in [0.25, 0.3) is 0 Å². The molecule has 0 bridgehead atoms. The standard InChI is InChI=1S/C12H17NO2/c1-10-4-2-3-5-11(10)13-7-6-12-14-8-9-15-12/h2-5,12-13H,6-9H2,1H3. The van der Waals surface area contributed by atoms with Crippen molar-refractivity contribution in [2.45, 2.75) is 19.6 Å². The van der Waals surface area contributed by atoms with E-state index in [1.54, 1.807) is 0 Å². The number of nitrogens with one attached hydrogen (secondary N) is 1. The van der Waals surface area contributed by atoms with E-state index in [4.69, 9.17) is 9.47 Å². The molecule has 0 amide bonds. The molecule has 1 aromatic rings. The van der Waals surface area contributed by atoms with E-state index in [-0.39, 0.29) is 6.29 Å². The number of hydrogen-bond donors (Lipinski definition) is 1. The molecule has 3 nitrogen and oxygen atoms in total. The van der Waals surface area contributed by atoms with Crippen LogP contribution in [0.15, 0.2) is 24.3 Å². The van der Waals surface area contributed by atoms with Crippen molar-refractivity contribution in [3.8, 4) is 0 Å². The number of hydrogen-bond acceptors (Lipinski definition) is 3. The van der Waals surface area contributed by atoms with Gasteiger partial charge in [-0.3, -0.25) is 0 Å². The third-order valence-corrected chi connectivity index (χ3v) is 2.53. The zero-order chi connectivity index (χ0) is 10.5. The Hall–Kier alpha value is -1.06. The van der Waals surface area contributed by atoms with Crippen LogP contribution in [-0.2, 0) is 9.47 Å². The van der Waals surface area contributed by atoms with Crippen molar-refractivity contribution < 1.29 is 9.47 Å². The highest BCUT2D eigenvalue weighted by Crippen LogP contribution is 2.14. The third kappa shape index (κ3) is 2.94. The SMILES string of the molecule is Cc1ccccc1NCCC1OCCO1. The number of ether oxygens (including phenoxy) is 2. The van der Waals surface area contributed by atoms with Crippen molar-refractivity contribution in [1.29, 1.82) is 0 Å². The van der Waals surface area contributed by atoms with Crippen LogP contribution in [0.3, 0.4) is 0 Å². The van der Waals surface area contributed by atoms with E-state index in [0.29, 0.717) is 0 Å². The number of aryl methyl sites for hydroxylation is 1. The highest BCUT2D eigenvalue weighted by molar-refractivity contribution is 5.50. The quantitative estimate of drug-likeness (QED) is 0.820. The average Bonchev–Trinajstić information content (AvgIpc) is 2.74. The molecular formula is C12H17NO2. The van der Waals surface area contributed by atoms with Gasteiger partial charge in [-0.15, -0.1) is 0 Å². The molecule has 1 fully saturated rings. The van der Waals surface area contributed by atoms with Gasteiger partial charge in [0.2, 0.25) is 0 Å². The van der Waals surface area contributed by atoms with Gasteiger partial charge in [-0.2, -0.15) is 0 Å². The molecule has 0 radical (unpaired) electrons. The summed E-state index contributed by atoms with van der Waals surface area (Å²) in [6.07, 6.45) is 0.885. The lowest BCUT2D eigenvalue weighted by Gasteiger charge is -2.12. The lowest BCUT2D eigenvalue weighted by atomic mass is 10.2. The molecule has 1 aliphatic rings. The fourth-order valence-electron chi connectivity index (χ4n) is 1.67. The zero-order valence-electron chi connectivity index (χ0n) is 9.03. The summed E-state index contributed by atoms with van der Waals surface area (Å²) in [6, 6.07) is 8.28. The molecule has 82 valence electrons. The second kappa shape index (κ2) is 5.14. The Morgan fingerprint density at radius 1 is 1.27 bits per heavy atom. The first-order valence-corrected chi connectivity index (χ1v) is 5.39. The second-order valence-electron chi connectivity index (χ2n) is 3.70. The van der Waals surface area contributed by atoms with Crippen molar-refractivity contribution in [3.05, 3.63) is 29.8 Å². The zero-order valence-corrected chi connectivity index (χ0v) is 9.03. The summed E-state index contributed by atoms with van der Waals surface area (Å²) in [5, 5.41) is 3.38. The van der Waals surface area contributed by atoms with Gasteiger partial charge in [0, 0.05) is 18.7 Å². The van der Waals surface area contributed by atoms with Gasteiger partial charge < -0.3 is 14.8 Å². The van der Waals surface area contributed by atoms with E-state index in [1.807, 2.05) is 12.1 Å². The summed E-state index contributed by atoms with van der Waals surface area (Å²) in [7, 11) is 0. The van der Waals surface area contributed by atoms with Crippen molar-refractivity contribution >= 4 is 5.69 Å². The van der Waals surface area contributed by atoms with Crippen LogP contribution in [0.4, 0.5) is 5.69 Å². The van der Waals surface area contributed by atoms with Crippen LogP contribution in [0, 0.1) is 6.92 Å². The maximum absolute atomic E-state index is 5.36. The van der Waals surface area contributed by atoms with E-state index >= 15 is 0 Å². The van der Waals surface area contributed by atoms with Crippen LogP contribution >= 0.6 is 0 Å². The molecule has 0 aromatic heterocycles. The van der Waals surface area contributed by atoms with E-state index < -0.39 is 0 Å². The Morgan fingerprint density at radius 3 is 2.73 bits per heavy atom. The Morgan fingerprint density at radius 2 is 2.00 bits per heavy atom. The van der Waals surface area contributed by atoms with E-state index in [9.17, 15) is 0 Å². The minimum absolute atomic E-state index is 0.0125. The fourth-order valence-corrected chi connectivity index (χ4v) is 1.67. The van der Waals surface area contributed by atoms with Crippen LogP contribution in [-0.4, -0.2) is 26.0 Å². The molecule has 0 aliphatic carbocycles. The largest absolute Gasteiger partial charge is 0.385 e. The first-order valence-electron chi connectivity index (χ1n) is 5.39. The topological polar surface area (TPSA) is 30.5 Å². The Labute approximate surface area is 90.4 Å². The van der Waals surface area contributed by atoms with Crippen molar-refractivity contribution in [2.24, 2.45) is 0 Å². The van der Waals surface area contributed by atoms with Gasteiger partial charge >= 0.3 is 0 Å². The molecule has 3 heteroatoms. The van der Waals surface area contributed by atoms with Gasteiger partial charge in [0.1, 0.15) is 0 Å². The lowest BCUT2D eigenvalue weighted by Crippen LogP contribution is -2.14. The molecule has 1 saturated heterocycles. The minimum atomic E-state index is -0.0125. The second-order valence-corrected chi connectivity index (χ2v) is 3.70. The van der Waals surface area contributed by atoms with Gasteiger partial charge in [0.05, 0.1) is 13.2 Å². The van der Waals surface area contributed by atoms with Gasteiger partial charge in [0.15, 0.2) is 6.29 Å². The smallest absolute Gasteiger partial charge is 0.159 e. The molecule has 2 rings (SSSR count). The first kappa shape index (κ1) is 10.5. The number of benzene rings is 1. The van der Waals surface area contributed by atoms with Gasteiger partial charge in [-0.25, -0.2) is 0 Å². The average molecular weight is 207 g/mol. The predicted octanol–water partition coefficient (Wildman–Crippen LogP) is 2.17. The minimum Gasteiger partial charge on any atom is -0.385 e. The summed E-state index contributed by atoms with van der Waals surface area (Å²) in [5.74, 6) is 0. The molecule has 0 spiro atoms. The lowest BCUT2D eigenvalue weighted by molar-refractivity contribution is -0.0439. The first-order chi connectivity index (χ1) is 7.36. The highest BCUT2D eigenvalue weighted by Gasteiger charge is 2.14. The van der Waals surface area contributed by atoms with Crippen LogP contribution < -0.4 is 5.32 Å². The Balaban J connectivity index is 1.75. The monoisotopic (exact) mass is 207 g/mol.